The fourth-order valence-corrected chi connectivity index (χ4v) is 4.74. The van der Waals surface area contributed by atoms with Crippen LogP contribution in [0.3, 0.4) is 0 Å². The van der Waals surface area contributed by atoms with Crippen molar-refractivity contribution >= 4 is 40.2 Å². The predicted octanol–water partition coefficient (Wildman–Crippen LogP) is 4.61. The highest BCUT2D eigenvalue weighted by atomic mass is 35.5. The van der Waals surface area contributed by atoms with Crippen LogP contribution in [0.4, 0.5) is 0 Å². The van der Waals surface area contributed by atoms with Crippen LogP contribution in [0.25, 0.3) is 11.4 Å². The van der Waals surface area contributed by atoms with E-state index < -0.39 is 0 Å². The van der Waals surface area contributed by atoms with Crippen molar-refractivity contribution in [3.63, 3.8) is 0 Å². The molecule has 1 amide bonds. The third-order valence-electron chi connectivity index (χ3n) is 4.30. The number of nitrogens with zero attached hydrogens (tertiary/aromatic N) is 3. The zero-order chi connectivity index (χ0) is 17.2. The van der Waals surface area contributed by atoms with Crippen molar-refractivity contribution in [2.45, 2.75) is 19.3 Å². The third kappa shape index (κ3) is 3.78. The highest BCUT2D eigenvalue weighted by Gasteiger charge is 2.27. The molecule has 1 atom stereocenters. The highest BCUT2D eigenvalue weighted by molar-refractivity contribution is 7.18. The minimum Gasteiger partial charge on any atom is -0.339 e. The average Bonchev–Trinajstić information content (AvgIpc) is 3.35. The number of carbonyl (C=O) groups is 1. The lowest BCUT2D eigenvalue weighted by Crippen LogP contribution is -2.40. The van der Waals surface area contributed by atoms with Gasteiger partial charge in [-0.05, 0) is 42.3 Å². The van der Waals surface area contributed by atoms with Crippen molar-refractivity contribution in [3.8, 4) is 11.4 Å². The van der Waals surface area contributed by atoms with Crippen LogP contribution in [-0.4, -0.2) is 34.0 Å². The van der Waals surface area contributed by atoms with E-state index in [0.29, 0.717) is 39.8 Å². The van der Waals surface area contributed by atoms with Gasteiger partial charge in [0.15, 0.2) is 0 Å². The first-order valence-electron chi connectivity index (χ1n) is 8.09. The van der Waals surface area contributed by atoms with Gasteiger partial charge in [0.05, 0.1) is 9.21 Å². The number of rotatable bonds is 4. The Morgan fingerprint density at radius 1 is 1.40 bits per heavy atom. The first-order valence-corrected chi connectivity index (χ1v) is 10.2. The molecular formula is C17H16ClN3O2S2. The Morgan fingerprint density at radius 3 is 3.08 bits per heavy atom. The van der Waals surface area contributed by atoms with Crippen molar-refractivity contribution in [3.05, 3.63) is 44.1 Å². The minimum absolute atomic E-state index is 0.0612. The van der Waals surface area contributed by atoms with Gasteiger partial charge in [0, 0.05) is 30.5 Å². The average molecular weight is 394 g/mol. The van der Waals surface area contributed by atoms with E-state index in [1.54, 1.807) is 23.5 Å². The summed E-state index contributed by atoms with van der Waals surface area (Å²) in [6.07, 6.45) is 2.75. The van der Waals surface area contributed by atoms with Crippen LogP contribution in [0.5, 0.6) is 0 Å². The van der Waals surface area contributed by atoms with E-state index in [1.165, 1.54) is 11.3 Å². The van der Waals surface area contributed by atoms with Gasteiger partial charge in [0.2, 0.25) is 11.7 Å². The first kappa shape index (κ1) is 16.8. The number of halogens is 1. The van der Waals surface area contributed by atoms with Crippen LogP contribution in [0.2, 0.25) is 4.34 Å². The van der Waals surface area contributed by atoms with Crippen LogP contribution in [0.15, 0.2) is 33.5 Å². The topological polar surface area (TPSA) is 59.2 Å². The molecule has 1 aliphatic rings. The Kier molecular flexibility index (Phi) is 4.87. The maximum absolute atomic E-state index is 12.6. The van der Waals surface area contributed by atoms with E-state index in [1.807, 2.05) is 21.7 Å². The quantitative estimate of drug-likeness (QED) is 0.649. The Hall–Kier alpha value is -1.70. The summed E-state index contributed by atoms with van der Waals surface area (Å²) in [4.78, 5) is 19.7. The van der Waals surface area contributed by atoms with Gasteiger partial charge in [-0.3, -0.25) is 4.79 Å². The largest absolute Gasteiger partial charge is 0.339 e. The second kappa shape index (κ2) is 7.27. The number of amides is 1. The molecule has 4 heterocycles. The molecule has 25 heavy (non-hydrogen) atoms. The van der Waals surface area contributed by atoms with Gasteiger partial charge in [0.1, 0.15) is 0 Å². The van der Waals surface area contributed by atoms with Gasteiger partial charge in [-0.2, -0.15) is 16.3 Å². The molecule has 0 spiro atoms. The lowest BCUT2D eigenvalue weighted by Gasteiger charge is -2.31. The minimum atomic E-state index is 0.0612. The second-order valence-electron chi connectivity index (χ2n) is 6.09. The molecule has 5 nitrogen and oxygen atoms in total. The molecule has 1 unspecified atom stereocenters. The summed E-state index contributed by atoms with van der Waals surface area (Å²) in [6, 6.07) is 5.54. The van der Waals surface area contributed by atoms with Gasteiger partial charge >= 0.3 is 0 Å². The Bertz CT molecular complexity index is 859. The monoisotopic (exact) mass is 393 g/mol. The Labute approximate surface area is 158 Å². The lowest BCUT2D eigenvalue weighted by molar-refractivity contribution is 0.0673. The van der Waals surface area contributed by atoms with Crippen molar-refractivity contribution in [1.82, 2.24) is 15.0 Å². The fraction of sp³-hybridized carbons (Fsp3) is 0.353. The SMILES string of the molecule is O=C(c1ccc(Cl)s1)N1CCCC(Cc2nc(-c3ccsc3)no2)C1. The van der Waals surface area contributed by atoms with Crippen molar-refractivity contribution in [2.24, 2.45) is 5.92 Å². The predicted molar refractivity (Wildman–Crippen MR) is 99.3 cm³/mol. The summed E-state index contributed by atoms with van der Waals surface area (Å²) in [5.41, 5.74) is 0.982. The summed E-state index contributed by atoms with van der Waals surface area (Å²) in [5.74, 6) is 1.67. The van der Waals surface area contributed by atoms with Gasteiger partial charge in [-0.1, -0.05) is 16.8 Å². The summed E-state index contributed by atoms with van der Waals surface area (Å²) in [5, 5.41) is 8.05. The number of thiophene rings is 2. The molecule has 0 radical (unpaired) electrons. The molecule has 4 rings (SSSR count). The first-order chi connectivity index (χ1) is 12.2. The van der Waals surface area contributed by atoms with Crippen LogP contribution >= 0.6 is 34.3 Å². The molecule has 130 valence electrons. The molecule has 0 aromatic carbocycles. The van der Waals surface area contributed by atoms with E-state index in [0.717, 1.165) is 24.9 Å². The molecule has 0 bridgehead atoms. The molecule has 3 aromatic heterocycles. The van der Waals surface area contributed by atoms with Gasteiger partial charge < -0.3 is 9.42 Å². The standard InChI is InChI=1S/C17H16ClN3O2S2/c18-14-4-3-13(25-14)17(22)21-6-1-2-11(9-21)8-15-19-16(20-23-15)12-5-7-24-10-12/h3-5,7,10-11H,1-2,6,8-9H2. The summed E-state index contributed by atoms with van der Waals surface area (Å²) in [7, 11) is 0. The highest BCUT2D eigenvalue weighted by Crippen LogP contribution is 2.27. The van der Waals surface area contributed by atoms with Crippen molar-refractivity contribution < 1.29 is 9.32 Å². The van der Waals surface area contributed by atoms with Gasteiger partial charge in [-0.25, -0.2) is 0 Å². The Balaban J connectivity index is 1.41. The molecule has 0 N–H and O–H groups in total. The molecule has 1 saturated heterocycles. The van der Waals surface area contributed by atoms with Crippen LogP contribution in [0.1, 0.15) is 28.4 Å². The van der Waals surface area contributed by atoms with Gasteiger partial charge in [0.25, 0.3) is 5.91 Å². The number of aromatic nitrogens is 2. The summed E-state index contributed by atoms with van der Waals surface area (Å²) >= 11 is 8.88. The number of hydrogen-bond acceptors (Lipinski definition) is 6. The maximum atomic E-state index is 12.6. The molecule has 3 aromatic rings. The zero-order valence-corrected chi connectivity index (χ0v) is 15.7. The van der Waals surface area contributed by atoms with E-state index in [9.17, 15) is 4.79 Å². The van der Waals surface area contributed by atoms with Crippen LogP contribution < -0.4 is 0 Å². The number of likely N-dealkylation sites (tertiary alicyclic amines) is 1. The molecule has 1 fully saturated rings. The smallest absolute Gasteiger partial charge is 0.263 e. The normalized spacial score (nSPS) is 17.8. The van der Waals surface area contributed by atoms with E-state index in [2.05, 4.69) is 10.1 Å². The molecule has 8 heteroatoms. The number of hydrogen-bond donors (Lipinski definition) is 0. The van der Waals surface area contributed by atoms with E-state index in [4.69, 9.17) is 16.1 Å². The van der Waals surface area contributed by atoms with Crippen LogP contribution in [-0.2, 0) is 6.42 Å². The molecule has 0 aliphatic carbocycles. The third-order valence-corrected chi connectivity index (χ3v) is 6.20. The molecular weight excluding hydrogens is 378 g/mol. The summed E-state index contributed by atoms with van der Waals surface area (Å²) < 4.78 is 6.04. The summed E-state index contributed by atoms with van der Waals surface area (Å²) in [6.45, 7) is 1.50. The maximum Gasteiger partial charge on any atom is 0.263 e. The lowest BCUT2D eigenvalue weighted by atomic mass is 9.94. The van der Waals surface area contributed by atoms with E-state index >= 15 is 0 Å². The van der Waals surface area contributed by atoms with E-state index in [-0.39, 0.29) is 5.91 Å². The fourth-order valence-electron chi connectivity index (χ4n) is 3.09. The zero-order valence-electron chi connectivity index (χ0n) is 13.4. The van der Waals surface area contributed by atoms with Gasteiger partial charge in [-0.15, -0.1) is 11.3 Å². The number of piperidine rings is 1. The molecule has 0 saturated carbocycles. The Morgan fingerprint density at radius 2 is 2.32 bits per heavy atom. The van der Waals surface area contributed by atoms with Crippen molar-refractivity contribution in [2.75, 3.05) is 13.1 Å². The molecule has 1 aliphatic heterocycles. The number of carbonyl (C=O) groups excluding carboxylic acids is 1. The van der Waals surface area contributed by atoms with Crippen LogP contribution in [0, 0.1) is 5.92 Å². The van der Waals surface area contributed by atoms with Crippen molar-refractivity contribution in [1.29, 1.82) is 0 Å². The second-order valence-corrected chi connectivity index (χ2v) is 8.59.